The maximum absolute atomic E-state index is 2.66. The zero-order chi connectivity index (χ0) is 79.5. The van der Waals surface area contributed by atoms with Crippen LogP contribution in [0.5, 0.6) is 0 Å². The third kappa shape index (κ3) is 12.9. The number of benzene rings is 17. The first-order valence-electron chi connectivity index (χ1n) is 41.3. The first-order chi connectivity index (χ1) is 58.7. The number of hydrogen-bond acceptors (Lipinski definition) is 2. The van der Waals surface area contributed by atoms with E-state index in [2.05, 4.69) is 489 Å². The molecule has 21 rings (SSSR count). The Hall–Kier alpha value is -15.0. The second-order valence-electron chi connectivity index (χ2n) is 32.3. The van der Waals surface area contributed by atoms with E-state index in [1.165, 1.54) is 22.0 Å². The van der Waals surface area contributed by atoms with E-state index >= 15 is 0 Å². The Bertz CT molecular complexity index is 6200. The maximum Gasteiger partial charge on any atom is 0.252 e. The van der Waals surface area contributed by atoms with Crippen molar-refractivity contribution in [3.05, 3.63) is 454 Å². The number of aromatic nitrogens is 2. The van der Waals surface area contributed by atoms with E-state index in [0.29, 0.717) is 0 Å². The summed E-state index contributed by atoms with van der Waals surface area (Å²) in [5, 5.41) is 0. The molecule has 119 heavy (non-hydrogen) atoms. The molecule has 2 aromatic heterocycles. The Morgan fingerprint density at radius 2 is 0.403 bits per heavy atom. The van der Waals surface area contributed by atoms with Crippen molar-refractivity contribution in [2.45, 2.75) is 26.2 Å². The molecule has 2 aliphatic heterocycles. The van der Waals surface area contributed by atoms with Crippen molar-refractivity contribution < 1.29 is 0 Å². The molecule has 4 nitrogen and oxygen atoms in total. The summed E-state index contributed by atoms with van der Waals surface area (Å²) in [5.74, 6) is 0. The van der Waals surface area contributed by atoms with Gasteiger partial charge in [-0.25, -0.2) is 0 Å². The van der Waals surface area contributed by atoms with Crippen LogP contribution in [0.15, 0.2) is 449 Å². The monoisotopic (exact) mass is 1520 g/mol. The first kappa shape index (κ1) is 71.7. The molecule has 0 atom stereocenters. The van der Waals surface area contributed by atoms with E-state index < -0.39 is 0 Å². The molecule has 0 N–H and O–H groups in total. The van der Waals surface area contributed by atoms with Gasteiger partial charge in [-0.05, 0) is 189 Å². The topological polar surface area (TPSA) is 16.3 Å². The van der Waals surface area contributed by atoms with E-state index in [0.717, 1.165) is 180 Å². The van der Waals surface area contributed by atoms with Gasteiger partial charge in [0.1, 0.15) is 0 Å². The van der Waals surface area contributed by atoms with E-state index in [-0.39, 0.29) is 12.1 Å². The van der Waals surface area contributed by atoms with Crippen molar-refractivity contribution in [2.75, 3.05) is 9.80 Å². The highest BCUT2D eigenvalue weighted by atomic mass is 15.2. The molecule has 0 bridgehead atoms. The lowest BCUT2D eigenvalue weighted by atomic mass is 9.33. The standard InChI is InChI=1S/C114H83BN4/c1-114(2,3)94-74-103-109-104(75-94)117(98-72-92(80-44-20-6-21-45-80)69-93(73-98)81-46-22-7-23-47-81)102-77-96(119-112(88-60-36-14-37-61-88)107(84-52-28-10-29-53-84)108(85-54-30-11-31-55-85)113(119)89-62-38-15-39-63-89)65-67-100(102)115(109)99-66-64-95(76-101(99)116(103)97-70-90(78-40-16-4-17-41-78)68-91(71-97)79-42-18-5-19-43-79)118-110(86-56-32-12-33-57-86)105(82-48-24-8-25-49-82)106(83-50-26-9-27-51-83)111(118)87-58-34-13-35-59-87/h4-77H,1-3H3. The minimum atomic E-state index is -0.366. The minimum absolute atomic E-state index is 0.315. The van der Waals surface area contributed by atoms with Crippen LogP contribution in [0.1, 0.15) is 26.3 Å². The average Bonchev–Trinajstić information content (AvgIpc) is 1.27. The maximum atomic E-state index is 2.66. The highest BCUT2D eigenvalue weighted by molar-refractivity contribution is 7.00. The van der Waals surface area contributed by atoms with Crippen LogP contribution in [-0.4, -0.2) is 15.8 Å². The summed E-state index contributed by atoms with van der Waals surface area (Å²) in [6.45, 7) is 6.85. The number of hydrogen-bond donors (Lipinski definition) is 0. The van der Waals surface area contributed by atoms with Gasteiger partial charge >= 0.3 is 0 Å². The predicted molar refractivity (Wildman–Crippen MR) is 503 cm³/mol. The fourth-order valence-electron chi connectivity index (χ4n) is 18.6. The molecule has 0 unspecified atom stereocenters. The van der Waals surface area contributed by atoms with Gasteiger partial charge in [-0.2, -0.15) is 0 Å². The van der Waals surface area contributed by atoms with Crippen molar-refractivity contribution >= 4 is 57.2 Å². The number of nitrogens with zero attached hydrogens (tertiary/aromatic N) is 4. The second kappa shape index (κ2) is 30.3. The van der Waals surface area contributed by atoms with Crippen molar-refractivity contribution in [3.8, 4) is 145 Å². The van der Waals surface area contributed by atoms with Crippen LogP contribution in [-0.2, 0) is 5.41 Å². The normalized spacial score (nSPS) is 12.1. The lowest BCUT2D eigenvalue weighted by molar-refractivity contribution is 0.590. The molecule has 19 aromatic rings. The predicted octanol–water partition coefficient (Wildman–Crippen LogP) is 28.7. The van der Waals surface area contributed by atoms with Gasteiger partial charge in [0.2, 0.25) is 0 Å². The highest BCUT2D eigenvalue weighted by Gasteiger charge is 2.46. The van der Waals surface area contributed by atoms with Gasteiger partial charge < -0.3 is 18.9 Å². The molecule has 0 saturated heterocycles. The summed E-state index contributed by atoms with van der Waals surface area (Å²) in [4.78, 5) is 5.32. The third-order valence-corrected chi connectivity index (χ3v) is 24.0. The van der Waals surface area contributed by atoms with Crippen LogP contribution >= 0.6 is 0 Å². The first-order valence-corrected chi connectivity index (χ1v) is 41.3. The fraction of sp³-hybridized carbons (Fsp3) is 0.0351. The van der Waals surface area contributed by atoms with E-state index in [1.54, 1.807) is 0 Å². The van der Waals surface area contributed by atoms with Crippen molar-refractivity contribution in [2.24, 2.45) is 0 Å². The molecule has 0 saturated carbocycles. The lowest BCUT2D eigenvalue weighted by Gasteiger charge is -2.45. The van der Waals surface area contributed by atoms with Gasteiger partial charge in [-0.15, -0.1) is 0 Å². The fourth-order valence-corrected chi connectivity index (χ4v) is 18.6. The Morgan fingerprint density at radius 3 is 0.630 bits per heavy atom. The van der Waals surface area contributed by atoms with Gasteiger partial charge in [-0.1, -0.05) is 397 Å². The Balaban J connectivity index is 0.927. The molecule has 562 valence electrons. The van der Waals surface area contributed by atoms with Crippen LogP contribution in [0.4, 0.5) is 34.1 Å². The van der Waals surface area contributed by atoms with Crippen LogP contribution in [0.3, 0.4) is 0 Å². The highest BCUT2D eigenvalue weighted by Crippen LogP contribution is 2.56. The Morgan fingerprint density at radius 1 is 0.185 bits per heavy atom. The molecule has 0 radical (unpaired) electrons. The van der Waals surface area contributed by atoms with Crippen LogP contribution < -0.4 is 26.2 Å². The number of fused-ring (bicyclic) bond motifs is 4. The summed E-state index contributed by atoms with van der Waals surface area (Å²) in [7, 11) is 0. The average molecular weight is 1520 g/mol. The van der Waals surface area contributed by atoms with E-state index in [1.807, 2.05) is 0 Å². The summed E-state index contributed by atoms with van der Waals surface area (Å²) in [6, 6.07) is 167. The molecular weight excluding hydrogens is 1440 g/mol. The van der Waals surface area contributed by atoms with Crippen molar-refractivity contribution in [1.29, 1.82) is 0 Å². The zero-order valence-electron chi connectivity index (χ0n) is 66.6. The lowest BCUT2D eigenvalue weighted by Crippen LogP contribution is -2.61. The Labute approximate surface area is 697 Å². The smallest absolute Gasteiger partial charge is 0.252 e. The zero-order valence-corrected chi connectivity index (χ0v) is 66.6. The summed E-state index contributed by atoms with van der Waals surface area (Å²) in [6.07, 6.45) is 0. The van der Waals surface area contributed by atoms with Crippen molar-refractivity contribution in [3.63, 3.8) is 0 Å². The summed E-state index contributed by atoms with van der Waals surface area (Å²) < 4.78 is 5.20. The Kier molecular flexibility index (Phi) is 18.3. The quantitative estimate of drug-likeness (QED) is 0.0897. The van der Waals surface area contributed by atoms with Gasteiger partial charge in [0, 0.05) is 67.8 Å². The summed E-state index contributed by atoms with van der Waals surface area (Å²) >= 11 is 0. The van der Waals surface area contributed by atoms with Gasteiger partial charge in [0.05, 0.1) is 22.8 Å². The van der Waals surface area contributed by atoms with Gasteiger partial charge in [0.15, 0.2) is 0 Å². The molecule has 0 amide bonds. The van der Waals surface area contributed by atoms with Crippen LogP contribution in [0.25, 0.3) is 145 Å². The molecule has 0 spiro atoms. The van der Waals surface area contributed by atoms with Crippen molar-refractivity contribution in [1.82, 2.24) is 9.13 Å². The molecule has 17 aromatic carbocycles. The largest absolute Gasteiger partial charge is 0.311 e. The molecular formula is C114H83BN4. The number of anilines is 6. The second-order valence-corrected chi connectivity index (χ2v) is 32.3. The van der Waals surface area contributed by atoms with Crippen LogP contribution in [0, 0.1) is 0 Å². The number of rotatable bonds is 16. The SMILES string of the molecule is CC(C)(C)c1cc2c3c(c1)N(c1cc(-c4ccccc4)cc(-c4ccccc4)c1)c1cc(-n4c(-c5ccccc5)c(-c5ccccc5)c(-c5ccccc5)c4-c4ccccc4)ccc1B3c1ccc(-n3c(-c4ccccc4)c(-c4ccccc4)c(-c4ccccc4)c3-c3ccccc3)cc1N2c1cc(-c2ccccc2)cc(-c2ccccc2)c1. The molecule has 5 heteroatoms. The molecule has 4 heterocycles. The molecule has 2 aliphatic rings. The van der Waals surface area contributed by atoms with Gasteiger partial charge in [-0.3, -0.25) is 0 Å². The van der Waals surface area contributed by atoms with E-state index in [9.17, 15) is 0 Å². The van der Waals surface area contributed by atoms with Crippen LogP contribution in [0.2, 0.25) is 0 Å². The van der Waals surface area contributed by atoms with Gasteiger partial charge in [0.25, 0.3) is 6.71 Å². The van der Waals surface area contributed by atoms with E-state index in [4.69, 9.17) is 0 Å². The molecule has 0 fully saturated rings. The minimum Gasteiger partial charge on any atom is -0.311 e. The molecule has 0 aliphatic carbocycles. The summed E-state index contributed by atoms with van der Waals surface area (Å²) in [5.41, 5.74) is 40.0. The third-order valence-electron chi connectivity index (χ3n) is 24.0.